The van der Waals surface area contributed by atoms with E-state index in [0.717, 1.165) is 0 Å². The quantitative estimate of drug-likeness (QED) is 0.0117. The summed E-state index contributed by atoms with van der Waals surface area (Å²) in [5.74, 6) is -23.0. The van der Waals surface area contributed by atoms with E-state index < -0.39 is 259 Å². The molecule has 138 heavy (non-hydrogen) atoms. The normalized spacial score (nSPS) is 16.6. The second-order valence-electron chi connectivity index (χ2n) is 35.2. The number of aromatic hydroxyl groups is 2. The molecule has 47 nitrogen and oxygen atoms in total. The number of benzene rings is 3. The van der Waals surface area contributed by atoms with E-state index in [-0.39, 0.29) is 115 Å². The molecule has 17 atom stereocenters. The van der Waals surface area contributed by atoms with Gasteiger partial charge in [-0.3, -0.25) is 92.3 Å². The number of rotatable bonds is 56. The summed E-state index contributed by atoms with van der Waals surface area (Å²) in [5.41, 5.74) is 18.5. The van der Waals surface area contributed by atoms with Crippen LogP contribution in [0.2, 0.25) is 0 Å². The summed E-state index contributed by atoms with van der Waals surface area (Å²) >= 11 is 0. The molecule has 0 saturated carbocycles. The standard InChI is InChI=1S/C91H134N24O23/c1-10-49(7)73(112-77(125)59(22-16-36-99-91(95)96)104-78(126)63(43-70(121)122)102-68(118)45-100-81(129)66-23-17-37-114(66)87(135)51(9)92)85(133)107-61(39-53-25-29-56(116)30-26-53)79(127)111-71(47(3)4)83(131)105-60(33-34-69(119)120)75(123)103-58(21-15-35-98-90(93)94)76(124)110-72(48(5)6)84(132)106-62(40-54-27-31-57(117)32-28-54)80(128)113-74(50(8)11-2)86(134)108-64(42-55-44-97-46-101-55)88(136)115-38-18-24-67(115)82(130)109-65(89(137)138)41-52-19-13-12-14-20-52/h12-14,19-20,25-32,44,46-51,58-67,71-74,116-117H,10-11,15-18,21-24,33-43,45,92H2,1-9H3,(H,97,101)(H,100,129)(H,102,118)(H,103,123)(H,104,126)(H,105,131)(H,106,132)(H,107,133)(H,108,134)(H,109,130)(H,110,124)(H,111,127)(H,112,125)(H,113,128)(H,119,120)(H,121,122)(H,137,138)(H4,93,94,98)(H4,95,96,99). The first-order chi connectivity index (χ1) is 65.3. The van der Waals surface area contributed by atoms with E-state index in [9.17, 15) is 97.5 Å². The summed E-state index contributed by atoms with van der Waals surface area (Å²) in [4.78, 5) is 264. The molecule has 15 amide bonds. The van der Waals surface area contributed by atoms with Gasteiger partial charge in [-0.05, 0) is 129 Å². The minimum Gasteiger partial charge on any atom is -0.508 e. The van der Waals surface area contributed by atoms with E-state index in [0.29, 0.717) is 35.2 Å². The molecular weight excluding hydrogens is 1800 g/mol. The zero-order valence-corrected chi connectivity index (χ0v) is 78.8. The van der Waals surface area contributed by atoms with Crippen LogP contribution in [0.15, 0.2) is 91.4 Å². The number of H-pyrrole nitrogens is 1. The molecule has 0 aliphatic carbocycles. The fourth-order valence-corrected chi connectivity index (χ4v) is 15.5. The average molecular weight is 1930 g/mol. The average Bonchev–Trinajstić information content (AvgIpc) is 1.57. The predicted molar refractivity (Wildman–Crippen MR) is 499 cm³/mol. The van der Waals surface area contributed by atoms with Crippen molar-refractivity contribution in [3.05, 3.63) is 114 Å². The zero-order chi connectivity index (χ0) is 102. The van der Waals surface area contributed by atoms with Crippen molar-refractivity contribution in [2.75, 3.05) is 32.7 Å². The third kappa shape index (κ3) is 36.2. The number of imidazole rings is 1. The summed E-state index contributed by atoms with van der Waals surface area (Å²) in [6.07, 6.45) is 0.333. The minimum atomic E-state index is -1.89. The first-order valence-corrected chi connectivity index (χ1v) is 46.0. The second kappa shape index (κ2) is 55.5. The van der Waals surface area contributed by atoms with Crippen LogP contribution in [-0.4, -0.2) is 287 Å². The van der Waals surface area contributed by atoms with Crippen LogP contribution in [0.4, 0.5) is 0 Å². The number of aliphatic carboxylic acids is 3. The molecule has 3 heterocycles. The number of nitrogens with one attached hydrogen (secondary N) is 18. The molecule has 0 bridgehead atoms. The molecule has 6 rings (SSSR count). The molecule has 47 heteroatoms. The largest absolute Gasteiger partial charge is 0.508 e. The Morgan fingerprint density at radius 1 is 0.435 bits per heavy atom. The molecule has 29 N–H and O–H groups in total. The number of carboxylic acids is 3. The monoisotopic (exact) mass is 1930 g/mol. The Bertz CT molecular complexity index is 4870. The number of carbonyl (C=O) groups is 18. The Kier molecular flexibility index (Phi) is 45.1. The number of likely N-dealkylation sites (tertiary alicyclic amines) is 2. The number of amides is 15. The Hall–Kier alpha value is -14.6. The number of hydrogen-bond acceptors (Lipinski definition) is 24. The fourth-order valence-electron chi connectivity index (χ4n) is 15.5. The van der Waals surface area contributed by atoms with Crippen LogP contribution in [0, 0.1) is 34.5 Å². The van der Waals surface area contributed by atoms with Gasteiger partial charge < -0.3 is 137 Å². The van der Waals surface area contributed by atoms with Crippen LogP contribution in [0.25, 0.3) is 0 Å². The Morgan fingerprint density at radius 2 is 0.826 bits per heavy atom. The lowest BCUT2D eigenvalue weighted by atomic mass is 9.96. The van der Waals surface area contributed by atoms with Gasteiger partial charge in [0.15, 0.2) is 11.9 Å². The first-order valence-electron chi connectivity index (χ1n) is 46.0. The Balaban J connectivity index is 1.23. The summed E-state index contributed by atoms with van der Waals surface area (Å²) in [6.45, 7) is 13.4. The maximum absolute atomic E-state index is 15.1. The van der Waals surface area contributed by atoms with Gasteiger partial charge in [-0.25, -0.2) is 9.78 Å². The SMILES string of the molecule is CCC(C)C(NC(=O)C(CCCNC(=N)N)NC(=O)C(CC(=O)O)NC(=O)CNC(=O)C1CCCN1C(=O)C(C)N)C(=O)NC(Cc1ccc(O)cc1)C(=O)NC(C(=O)NC(CCC(=O)O)C(=O)NC(CCCNC(=N)N)C(=O)NC(C(=O)NC(Cc1ccc(O)cc1)C(=O)NC(C(=O)NC(Cc1c[nH]cn1)C(=O)N1CCCC1C(=O)NC(Cc1ccccc1)C(=O)O)C(C)CC)C(C)C)C(C)C. The van der Waals surface area contributed by atoms with Gasteiger partial charge in [0.2, 0.25) is 88.6 Å². The maximum Gasteiger partial charge on any atom is 0.326 e. The van der Waals surface area contributed by atoms with E-state index in [1.54, 1.807) is 58.0 Å². The van der Waals surface area contributed by atoms with Crippen LogP contribution in [-0.2, 0) is 112 Å². The maximum atomic E-state index is 15.1. The number of carboxylic acid groups (broad SMARTS) is 3. The van der Waals surface area contributed by atoms with Crippen LogP contribution in [0.3, 0.4) is 0 Å². The zero-order valence-electron chi connectivity index (χ0n) is 78.8. The van der Waals surface area contributed by atoms with Crippen LogP contribution in [0.5, 0.6) is 11.5 Å². The van der Waals surface area contributed by atoms with Gasteiger partial charge in [0, 0.05) is 64.5 Å². The van der Waals surface area contributed by atoms with Gasteiger partial charge in [-0.2, -0.15) is 0 Å². The van der Waals surface area contributed by atoms with Crippen molar-refractivity contribution in [3.8, 4) is 11.5 Å². The van der Waals surface area contributed by atoms with E-state index in [2.05, 4.69) is 89.7 Å². The van der Waals surface area contributed by atoms with Crippen molar-refractivity contribution in [2.24, 2.45) is 40.9 Å². The number of aromatic amines is 1. The number of nitrogens with zero attached hydrogens (tertiary/aromatic N) is 3. The van der Waals surface area contributed by atoms with Crippen LogP contribution in [0.1, 0.15) is 168 Å². The highest BCUT2D eigenvalue weighted by molar-refractivity contribution is 6.02. The number of aromatic nitrogens is 2. The number of nitrogens with two attached hydrogens (primary N) is 3. The molecule has 0 radical (unpaired) electrons. The third-order valence-corrected chi connectivity index (χ3v) is 23.6. The van der Waals surface area contributed by atoms with Crippen molar-refractivity contribution in [1.82, 2.24) is 99.5 Å². The molecule has 2 aliphatic heterocycles. The Labute approximate surface area is 798 Å². The van der Waals surface area contributed by atoms with Crippen molar-refractivity contribution < 1.29 is 112 Å². The predicted octanol–water partition coefficient (Wildman–Crippen LogP) is -3.29. The van der Waals surface area contributed by atoms with Gasteiger partial charge in [-0.15, -0.1) is 0 Å². The lowest BCUT2D eigenvalue weighted by molar-refractivity contribution is -0.145. The fraction of sp³-hybridized carbons (Fsp3) is 0.549. The van der Waals surface area contributed by atoms with Crippen LogP contribution >= 0.6 is 0 Å². The van der Waals surface area contributed by atoms with Crippen LogP contribution < -0.4 is 97.0 Å². The van der Waals surface area contributed by atoms with Crippen molar-refractivity contribution in [2.45, 2.75) is 262 Å². The molecule has 756 valence electrons. The summed E-state index contributed by atoms with van der Waals surface area (Å²) in [7, 11) is 0. The summed E-state index contributed by atoms with van der Waals surface area (Å²) < 4.78 is 0. The minimum absolute atomic E-state index is 0.0146. The van der Waals surface area contributed by atoms with Gasteiger partial charge in [0.1, 0.15) is 96.1 Å². The van der Waals surface area contributed by atoms with Gasteiger partial charge >= 0.3 is 17.9 Å². The summed E-state index contributed by atoms with van der Waals surface area (Å²) in [5, 5.41) is 105. The highest BCUT2D eigenvalue weighted by atomic mass is 16.4. The van der Waals surface area contributed by atoms with Crippen molar-refractivity contribution >= 4 is 118 Å². The van der Waals surface area contributed by atoms with Gasteiger partial charge in [0.25, 0.3) is 0 Å². The van der Waals surface area contributed by atoms with Gasteiger partial charge in [0.05, 0.1) is 31.0 Å². The molecule has 3 aromatic carbocycles. The van der Waals surface area contributed by atoms with E-state index in [1.807, 2.05) is 0 Å². The highest BCUT2D eigenvalue weighted by Crippen LogP contribution is 2.24. The molecular formula is C91H134N24O23. The van der Waals surface area contributed by atoms with E-state index in [4.69, 9.17) is 28.0 Å². The molecule has 2 saturated heterocycles. The number of hydrogen-bond donors (Lipinski definition) is 26. The summed E-state index contributed by atoms with van der Waals surface area (Å²) in [6, 6.07) is -2.86. The number of phenols is 2. The van der Waals surface area contributed by atoms with Crippen molar-refractivity contribution in [3.63, 3.8) is 0 Å². The molecule has 0 spiro atoms. The molecule has 1 aromatic heterocycles. The Morgan fingerprint density at radius 3 is 1.25 bits per heavy atom. The smallest absolute Gasteiger partial charge is 0.326 e. The number of carbonyl (C=O) groups excluding carboxylic acids is 15. The van der Waals surface area contributed by atoms with E-state index in [1.165, 1.54) is 105 Å². The highest BCUT2D eigenvalue weighted by Gasteiger charge is 2.44. The first kappa shape index (κ1) is 112. The van der Waals surface area contributed by atoms with Crippen molar-refractivity contribution in [1.29, 1.82) is 10.8 Å². The van der Waals surface area contributed by atoms with E-state index >= 15 is 14.4 Å². The lowest BCUT2D eigenvalue weighted by Crippen LogP contribution is -2.62. The molecule has 4 aromatic rings. The van der Waals surface area contributed by atoms with Gasteiger partial charge in [-0.1, -0.05) is 123 Å². The lowest BCUT2D eigenvalue weighted by Gasteiger charge is -2.32. The molecule has 2 fully saturated rings. The molecule has 2 aliphatic rings. The second-order valence-corrected chi connectivity index (χ2v) is 35.2. The molecule has 17 unspecified atom stereocenters. The number of phenolic OH excluding ortho intramolecular Hbond substituents is 2. The topological polar surface area (TPSA) is 750 Å². The number of guanidine groups is 2. The third-order valence-electron chi connectivity index (χ3n) is 23.6.